The largest absolute Gasteiger partial charge is 0.469 e. The Labute approximate surface area is 156 Å². The second kappa shape index (κ2) is 10.7. The monoisotopic (exact) mass is 361 g/mol. The van der Waals surface area contributed by atoms with Crippen molar-refractivity contribution in [2.24, 2.45) is 10.9 Å². The number of carbonyl (C=O) groups is 1. The minimum Gasteiger partial charge on any atom is -0.469 e. The Morgan fingerprint density at radius 1 is 1.38 bits per heavy atom. The van der Waals surface area contributed by atoms with Gasteiger partial charge in [-0.3, -0.25) is 4.79 Å². The quantitative estimate of drug-likeness (QED) is 0.322. The van der Waals surface area contributed by atoms with Crippen LogP contribution in [0.4, 0.5) is 0 Å². The van der Waals surface area contributed by atoms with Crippen LogP contribution in [0, 0.1) is 5.92 Å². The van der Waals surface area contributed by atoms with Crippen LogP contribution >= 0.6 is 0 Å². The van der Waals surface area contributed by atoms with Gasteiger partial charge in [0.1, 0.15) is 5.76 Å². The van der Waals surface area contributed by atoms with Gasteiger partial charge in [0.2, 0.25) is 0 Å². The molecular formula is C20H31N3O3. The van der Waals surface area contributed by atoms with E-state index >= 15 is 0 Å². The minimum atomic E-state index is -0.0568. The summed E-state index contributed by atoms with van der Waals surface area (Å²) < 4.78 is 10.5. The SMILES string of the molecule is C=C(C)CN=C(NCCc1ccco1)NC1CCC(C(=O)OCC)CC1. The van der Waals surface area contributed by atoms with E-state index in [1.54, 1.807) is 6.26 Å². The van der Waals surface area contributed by atoms with Crippen LogP contribution in [-0.2, 0) is 16.0 Å². The Morgan fingerprint density at radius 3 is 2.77 bits per heavy atom. The second-order valence-electron chi connectivity index (χ2n) is 6.82. The van der Waals surface area contributed by atoms with Gasteiger partial charge in [-0.2, -0.15) is 0 Å². The lowest BCUT2D eigenvalue weighted by Gasteiger charge is -2.29. The van der Waals surface area contributed by atoms with Gasteiger partial charge >= 0.3 is 5.97 Å². The molecule has 26 heavy (non-hydrogen) atoms. The average molecular weight is 361 g/mol. The fourth-order valence-electron chi connectivity index (χ4n) is 3.05. The molecule has 0 amide bonds. The minimum absolute atomic E-state index is 0.0377. The molecule has 1 aliphatic carbocycles. The lowest BCUT2D eigenvalue weighted by Crippen LogP contribution is -2.46. The van der Waals surface area contributed by atoms with Crippen LogP contribution in [-0.4, -0.2) is 37.7 Å². The number of nitrogens with zero attached hydrogens (tertiary/aromatic N) is 1. The topological polar surface area (TPSA) is 75.9 Å². The fourth-order valence-corrected chi connectivity index (χ4v) is 3.05. The number of esters is 1. The average Bonchev–Trinajstić information content (AvgIpc) is 3.13. The van der Waals surface area contributed by atoms with E-state index in [2.05, 4.69) is 22.2 Å². The summed E-state index contributed by atoms with van der Waals surface area (Å²) in [4.78, 5) is 16.5. The zero-order chi connectivity index (χ0) is 18.8. The number of rotatable bonds is 8. The van der Waals surface area contributed by atoms with Crippen LogP contribution in [0.5, 0.6) is 0 Å². The van der Waals surface area contributed by atoms with E-state index in [1.165, 1.54) is 0 Å². The third kappa shape index (κ3) is 6.94. The molecule has 0 unspecified atom stereocenters. The van der Waals surface area contributed by atoms with Gasteiger partial charge in [0.25, 0.3) is 0 Å². The molecule has 1 saturated carbocycles. The molecule has 0 aliphatic heterocycles. The molecule has 0 radical (unpaired) electrons. The Kier molecular flexibility index (Phi) is 8.25. The second-order valence-corrected chi connectivity index (χ2v) is 6.82. The summed E-state index contributed by atoms with van der Waals surface area (Å²) in [7, 11) is 0. The number of guanidine groups is 1. The van der Waals surface area contributed by atoms with Gasteiger partial charge in [0, 0.05) is 19.0 Å². The van der Waals surface area contributed by atoms with Crippen LogP contribution in [0.3, 0.4) is 0 Å². The standard InChI is InChI=1S/C20H31N3O3/c1-4-25-19(24)16-7-9-17(10-8-16)23-20(22-14-15(2)3)21-12-11-18-6-5-13-26-18/h5-6,13,16-17H,2,4,7-12,14H2,1,3H3,(H2,21,22,23). The molecule has 0 saturated heterocycles. The van der Waals surface area contributed by atoms with Crippen molar-refractivity contribution in [1.29, 1.82) is 0 Å². The highest BCUT2D eigenvalue weighted by Crippen LogP contribution is 2.25. The van der Waals surface area contributed by atoms with Crippen LogP contribution in [0.1, 0.15) is 45.3 Å². The molecule has 0 spiro atoms. The number of aliphatic imine (C=N–C) groups is 1. The summed E-state index contributed by atoms with van der Waals surface area (Å²) in [5.74, 6) is 1.72. The molecule has 0 atom stereocenters. The molecule has 1 fully saturated rings. The van der Waals surface area contributed by atoms with Crippen molar-refractivity contribution in [3.05, 3.63) is 36.3 Å². The van der Waals surface area contributed by atoms with E-state index in [4.69, 9.17) is 9.15 Å². The number of hydrogen-bond donors (Lipinski definition) is 2. The summed E-state index contributed by atoms with van der Waals surface area (Å²) in [5.41, 5.74) is 1.02. The lowest BCUT2D eigenvalue weighted by atomic mass is 9.86. The first-order chi connectivity index (χ1) is 12.6. The van der Waals surface area contributed by atoms with E-state index in [-0.39, 0.29) is 11.9 Å². The number of ether oxygens (including phenoxy) is 1. The number of nitrogens with one attached hydrogen (secondary N) is 2. The Hall–Kier alpha value is -2.24. The van der Waals surface area contributed by atoms with Gasteiger partial charge in [-0.15, -0.1) is 0 Å². The number of carbonyl (C=O) groups excluding carboxylic acids is 1. The van der Waals surface area contributed by atoms with Gasteiger partial charge < -0.3 is 19.8 Å². The fraction of sp³-hybridized carbons (Fsp3) is 0.600. The molecule has 2 N–H and O–H groups in total. The van der Waals surface area contributed by atoms with Crippen molar-refractivity contribution in [2.75, 3.05) is 19.7 Å². The van der Waals surface area contributed by atoms with Crippen molar-refractivity contribution < 1.29 is 13.9 Å². The third-order valence-corrected chi connectivity index (χ3v) is 4.44. The molecule has 6 nitrogen and oxygen atoms in total. The van der Waals surface area contributed by atoms with E-state index in [9.17, 15) is 4.79 Å². The van der Waals surface area contributed by atoms with Crippen molar-refractivity contribution in [1.82, 2.24) is 10.6 Å². The first-order valence-corrected chi connectivity index (χ1v) is 9.46. The lowest BCUT2D eigenvalue weighted by molar-refractivity contribution is -0.149. The highest BCUT2D eigenvalue weighted by atomic mass is 16.5. The van der Waals surface area contributed by atoms with Crippen LogP contribution in [0.15, 0.2) is 40.0 Å². The van der Waals surface area contributed by atoms with Gasteiger partial charge in [0.05, 0.1) is 25.3 Å². The summed E-state index contributed by atoms with van der Waals surface area (Å²) in [6, 6.07) is 4.18. The highest BCUT2D eigenvalue weighted by Gasteiger charge is 2.27. The predicted molar refractivity (Wildman–Crippen MR) is 103 cm³/mol. The number of hydrogen-bond acceptors (Lipinski definition) is 4. The summed E-state index contributed by atoms with van der Waals surface area (Å²) in [6.07, 6.45) is 6.08. The highest BCUT2D eigenvalue weighted by molar-refractivity contribution is 5.80. The van der Waals surface area contributed by atoms with Crippen LogP contribution in [0.2, 0.25) is 0 Å². The molecule has 1 aromatic heterocycles. The van der Waals surface area contributed by atoms with Crippen LogP contribution < -0.4 is 10.6 Å². The van der Waals surface area contributed by atoms with Gasteiger partial charge in [-0.05, 0) is 51.7 Å². The van der Waals surface area contributed by atoms with Crippen molar-refractivity contribution in [3.8, 4) is 0 Å². The Balaban J connectivity index is 1.81. The summed E-state index contributed by atoms with van der Waals surface area (Å²) >= 11 is 0. The Bertz CT molecular complexity index is 587. The van der Waals surface area contributed by atoms with E-state index in [0.29, 0.717) is 19.2 Å². The molecular weight excluding hydrogens is 330 g/mol. The first kappa shape index (κ1) is 20.1. The summed E-state index contributed by atoms with van der Waals surface area (Å²) in [5, 5.41) is 6.86. The number of furan rings is 1. The third-order valence-electron chi connectivity index (χ3n) is 4.44. The molecule has 0 bridgehead atoms. The molecule has 0 aromatic carbocycles. The van der Waals surface area contributed by atoms with Crippen molar-refractivity contribution >= 4 is 11.9 Å². The molecule has 1 aliphatic rings. The predicted octanol–water partition coefficient (Wildman–Crippen LogP) is 3.06. The molecule has 6 heteroatoms. The van der Waals surface area contributed by atoms with Gasteiger partial charge in [0.15, 0.2) is 5.96 Å². The van der Waals surface area contributed by atoms with Gasteiger partial charge in [-0.25, -0.2) is 4.99 Å². The zero-order valence-electron chi connectivity index (χ0n) is 15.9. The van der Waals surface area contributed by atoms with E-state index < -0.39 is 0 Å². The van der Waals surface area contributed by atoms with E-state index in [0.717, 1.165) is 55.9 Å². The molecule has 2 rings (SSSR count). The van der Waals surface area contributed by atoms with Crippen LogP contribution in [0.25, 0.3) is 0 Å². The van der Waals surface area contributed by atoms with Crippen molar-refractivity contribution in [3.63, 3.8) is 0 Å². The first-order valence-electron chi connectivity index (χ1n) is 9.46. The molecule has 1 heterocycles. The van der Waals surface area contributed by atoms with Gasteiger partial charge in [-0.1, -0.05) is 12.2 Å². The smallest absolute Gasteiger partial charge is 0.308 e. The summed E-state index contributed by atoms with van der Waals surface area (Å²) in [6.45, 7) is 9.52. The maximum atomic E-state index is 11.9. The normalized spacial score (nSPS) is 20.5. The Morgan fingerprint density at radius 2 is 2.15 bits per heavy atom. The van der Waals surface area contributed by atoms with E-state index in [1.807, 2.05) is 26.0 Å². The van der Waals surface area contributed by atoms with Crippen molar-refractivity contribution in [2.45, 2.75) is 52.0 Å². The molecule has 1 aromatic rings. The molecule has 144 valence electrons. The maximum absolute atomic E-state index is 11.9. The maximum Gasteiger partial charge on any atom is 0.308 e. The zero-order valence-corrected chi connectivity index (χ0v) is 15.9.